The molecule has 0 atom stereocenters. The van der Waals surface area contributed by atoms with Crippen LogP contribution in [0, 0.1) is 0 Å². The molecule has 1 N–H and O–H groups in total. The van der Waals surface area contributed by atoms with Crippen LogP contribution in [0.1, 0.15) is 18.9 Å². The Balaban J connectivity index is 2.07. The molecule has 0 spiro atoms. The molecule has 0 saturated heterocycles. The molecule has 72 valence electrons. The maximum Gasteiger partial charge on any atom is 0.0653 e. The van der Waals surface area contributed by atoms with Gasteiger partial charge in [-0.25, -0.2) is 5.48 Å². The predicted molar refractivity (Wildman–Crippen MR) is 54.4 cm³/mol. The van der Waals surface area contributed by atoms with Gasteiger partial charge in [0.2, 0.25) is 0 Å². The van der Waals surface area contributed by atoms with Crippen LogP contribution in [0.5, 0.6) is 0 Å². The predicted octanol–water partition coefficient (Wildman–Crippen LogP) is 2.16. The summed E-state index contributed by atoms with van der Waals surface area (Å²) in [7, 11) is 0. The van der Waals surface area contributed by atoms with Gasteiger partial charge in [-0.05, 0) is 25.3 Å². The van der Waals surface area contributed by atoms with Crippen LogP contribution in [0.3, 0.4) is 0 Å². The second kappa shape index (κ2) is 6.63. The van der Waals surface area contributed by atoms with Crippen LogP contribution in [0.4, 0.5) is 0 Å². The van der Waals surface area contributed by atoms with E-state index in [2.05, 4.69) is 29.7 Å². The summed E-state index contributed by atoms with van der Waals surface area (Å²) in [4.78, 5) is 5.02. The first-order chi connectivity index (χ1) is 6.43. The first-order valence-corrected chi connectivity index (χ1v) is 4.82. The van der Waals surface area contributed by atoms with E-state index in [9.17, 15) is 0 Å². The second-order valence-corrected chi connectivity index (χ2v) is 2.92. The highest BCUT2D eigenvalue weighted by atomic mass is 16.6. The summed E-state index contributed by atoms with van der Waals surface area (Å²) in [6.45, 7) is 3.62. The zero-order valence-corrected chi connectivity index (χ0v) is 8.12. The zero-order chi connectivity index (χ0) is 9.36. The molecule has 2 nitrogen and oxygen atoms in total. The number of hydrogen-bond donors (Lipinski definition) is 1. The molecule has 0 aliphatic heterocycles. The van der Waals surface area contributed by atoms with Gasteiger partial charge in [-0.2, -0.15) is 0 Å². The summed E-state index contributed by atoms with van der Waals surface area (Å²) in [6.07, 6.45) is 2.23. The lowest BCUT2D eigenvalue weighted by Gasteiger charge is -2.03. The van der Waals surface area contributed by atoms with E-state index in [0.717, 1.165) is 26.0 Å². The molecule has 0 heterocycles. The maximum absolute atomic E-state index is 5.02. The molecule has 1 aromatic carbocycles. The van der Waals surface area contributed by atoms with Crippen LogP contribution < -0.4 is 5.48 Å². The van der Waals surface area contributed by atoms with Gasteiger partial charge in [0.25, 0.3) is 0 Å². The SMILES string of the molecule is CCONCCCc1ccccc1. The number of benzene rings is 1. The highest BCUT2D eigenvalue weighted by molar-refractivity contribution is 5.14. The fraction of sp³-hybridized carbons (Fsp3) is 0.455. The molecule has 13 heavy (non-hydrogen) atoms. The van der Waals surface area contributed by atoms with Crippen molar-refractivity contribution < 1.29 is 4.84 Å². The van der Waals surface area contributed by atoms with E-state index in [1.807, 2.05) is 13.0 Å². The maximum atomic E-state index is 5.02. The van der Waals surface area contributed by atoms with Crippen molar-refractivity contribution in [3.8, 4) is 0 Å². The van der Waals surface area contributed by atoms with Gasteiger partial charge >= 0.3 is 0 Å². The molecule has 1 rings (SSSR count). The topological polar surface area (TPSA) is 21.3 Å². The third kappa shape index (κ3) is 4.65. The minimum absolute atomic E-state index is 0.728. The van der Waals surface area contributed by atoms with Crippen LogP contribution in [0.25, 0.3) is 0 Å². The third-order valence-corrected chi connectivity index (χ3v) is 1.83. The molecule has 0 unspecified atom stereocenters. The summed E-state index contributed by atoms with van der Waals surface area (Å²) in [5.74, 6) is 0. The van der Waals surface area contributed by atoms with Crippen LogP contribution in [0.2, 0.25) is 0 Å². The highest BCUT2D eigenvalue weighted by Crippen LogP contribution is 2.01. The monoisotopic (exact) mass is 179 g/mol. The Morgan fingerprint density at radius 2 is 2.00 bits per heavy atom. The van der Waals surface area contributed by atoms with Gasteiger partial charge in [0.15, 0.2) is 0 Å². The van der Waals surface area contributed by atoms with Crippen molar-refractivity contribution in [1.29, 1.82) is 0 Å². The van der Waals surface area contributed by atoms with E-state index >= 15 is 0 Å². The molecule has 2 heteroatoms. The number of nitrogens with one attached hydrogen (secondary N) is 1. The third-order valence-electron chi connectivity index (χ3n) is 1.83. The molecule has 0 saturated carbocycles. The fourth-order valence-electron chi connectivity index (χ4n) is 1.18. The Morgan fingerprint density at radius 3 is 2.69 bits per heavy atom. The number of rotatable bonds is 6. The van der Waals surface area contributed by atoms with Gasteiger partial charge in [0, 0.05) is 6.54 Å². The summed E-state index contributed by atoms with van der Waals surface area (Å²) >= 11 is 0. The average Bonchev–Trinajstić information content (AvgIpc) is 2.19. The molecule has 0 aliphatic rings. The van der Waals surface area contributed by atoms with Crippen molar-refractivity contribution in [3.05, 3.63) is 35.9 Å². The summed E-state index contributed by atoms with van der Waals surface area (Å²) in [6, 6.07) is 10.5. The van der Waals surface area contributed by atoms with Gasteiger partial charge in [0.1, 0.15) is 0 Å². The van der Waals surface area contributed by atoms with Crippen molar-refractivity contribution in [2.75, 3.05) is 13.2 Å². The van der Waals surface area contributed by atoms with Crippen LogP contribution in [0.15, 0.2) is 30.3 Å². The number of hydrogen-bond acceptors (Lipinski definition) is 2. The molecule has 0 aromatic heterocycles. The molecule has 1 aromatic rings. The van der Waals surface area contributed by atoms with Gasteiger partial charge < -0.3 is 4.84 Å². The molecule has 0 aliphatic carbocycles. The van der Waals surface area contributed by atoms with Crippen molar-refractivity contribution in [2.24, 2.45) is 0 Å². The first kappa shape index (κ1) is 10.2. The van der Waals surface area contributed by atoms with Crippen LogP contribution in [-0.2, 0) is 11.3 Å². The second-order valence-electron chi connectivity index (χ2n) is 2.92. The molecular formula is C11H17NO. The summed E-state index contributed by atoms with van der Waals surface area (Å²) < 4.78 is 0. The van der Waals surface area contributed by atoms with E-state index in [1.165, 1.54) is 5.56 Å². The van der Waals surface area contributed by atoms with Gasteiger partial charge in [-0.1, -0.05) is 30.3 Å². The molecule has 0 bridgehead atoms. The Labute approximate surface area is 79.9 Å². The van der Waals surface area contributed by atoms with Crippen LogP contribution >= 0.6 is 0 Å². The smallest absolute Gasteiger partial charge is 0.0653 e. The van der Waals surface area contributed by atoms with Gasteiger partial charge in [0.05, 0.1) is 6.61 Å². The number of aryl methyl sites for hydroxylation is 1. The lowest BCUT2D eigenvalue weighted by atomic mass is 10.1. The van der Waals surface area contributed by atoms with E-state index in [4.69, 9.17) is 4.84 Å². The average molecular weight is 179 g/mol. The minimum Gasteiger partial charge on any atom is -0.302 e. The minimum atomic E-state index is 0.728. The summed E-state index contributed by atoms with van der Waals surface area (Å²) in [5, 5.41) is 0. The Morgan fingerprint density at radius 1 is 1.23 bits per heavy atom. The highest BCUT2D eigenvalue weighted by Gasteiger charge is 1.90. The lowest BCUT2D eigenvalue weighted by molar-refractivity contribution is 0.0505. The lowest BCUT2D eigenvalue weighted by Crippen LogP contribution is -2.16. The summed E-state index contributed by atoms with van der Waals surface area (Å²) in [5.41, 5.74) is 4.29. The van der Waals surface area contributed by atoms with Crippen molar-refractivity contribution >= 4 is 0 Å². The van der Waals surface area contributed by atoms with Crippen molar-refractivity contribution in [1.82, 2.24) is 5.48 Å². The van der Waals surface area contributed by atoms with Crippen molar-refractivity contribution in [3.63, 3.8) is 0 Å². The van der Waals surface area contributed by atoms with Crippen LogP contribution in [-0.4, -0.2) is 13.2 Å². The molecule has 0 amide bonds. The van der Waals surface area contributed by atoms with E-state index in [1.54, 1.807) is 0 Å². The van der Waals surface area contributed by atoms with E-state index < -0.39 is 0 Å². The zero-order valence-electron chi connectivity index (χ0n) is 8.12. The Bertz CT molecular complexity index is 211. The van der Waals surface area contributed by atoms with Gasteiger partial charge in [-0.3, -0.25) is 0 Å². The molecule has 0 fully saturated rings. The quantitative estimate of drug-likeness (QED) is 0.533. The number of hydroxylamine groups is 1. The van der Waals surface area contributed by atoms with Gasteiger partial charge in [-0.15, -0.1) is 0 Å². The molecule has 0 radical (unpaired) electrons. The van der Waals surface area contributed by atoms with E-state index in [0.29, 0.717) is 0 Å². The Hall–Kier alpha value is -0.860. The fourth-order valence-corrected chi connectivity index (χ4v) is 1.18. The van der Waals surface area contributed by atoms with E-state index in [-0.39, 0.29) is 0 Å². The first-order valence-electron chi connectivity index (χ1n) is 4.82. The normalized spacial score (nSPS) is 10.2. The molecular weight excluding hydrogens is 162 g/mol. The Kier molecular flexibility index (Phi) is 5.22. The standard InChI is InChI=1S/C11H17NO/c1-2-13-12-10-6-9-11-7-4-3-5-8-11/h3-5,7-8,12H,2,6,9-10H2,1H3. The largest absolute Gasteiger partial charge is 0.302 e. The van der Waals surface area contributed by atoms with Crippen molar-refractivity contribution in [2.45, 2.75) is 19.8 Å².